The Hall–Kier alpha value is -2.87. The first-order valence-corrected chi connectivity index (χ1v) is 14.1. The van der Waals surface area contributed by atoms with Crippen LogP contribution in [-0.4, -0.2) is 87.2 Å². The monoisotopic (exact) mass is 545 g/mol. The average Bonchev–Trinajstić information content (AvgIpc) is 3.42. The van der Waals surface area contributed by atoms with Gasteiger partial charge in [0, 0.05) is 51.9 Å². The van der Waals surface area contributed by atoms with Crippen molar-refractivity contribution in [3.63, 3.8) is 0 Å². The molecule has 0 atom stereocenters. The topological polar surface area (TPSA) is 115 Å². The van der Waals surface area contributed by atoms with Crippen LogP contribution in [0.5, 0.6) is 0 Å². The number of amides is 1. The van der Waals surface area contributed by atoms with Crippen molar-refractivity contribution in [2.45, 2.75) is 11.4 Å². The lowest BCUT2D eigenvalue weighted by Gasteiger charge is -2.34. The SMILES string of the molecule is COCCN(C)Cc1cccc(-c2ccccc2S(=O)(=O)N2CCN(c3ncc(C(=O)NO)s3)CC2)c1. The van der Waals surface area contributed by atoms with Crippen molar-refractivity contribution in [2.24, 2.45) is 0 Å². The molecule has 2 aromatic carbocycles. The fourth-order valence-electron chi connectivity index (χ4n) is 4.24. The molecule has 12 heteroatoms. The van der Waals surface area contributed by atoms with Gasteiger partial charge in [0.2, 0.25) is 10.0 Å². The molecule has 1 amide bonds. The van der Waals surface area contributed by atoms with Crippen LogP contribution in [0.1, 0.15) is 15.2 Å². The highest BCUT2D eigenvalue weighted by Gasteiger charge is 2.31. The predicted molar refractivity (Wildman–Crippen MR) is 142 cm³/mol. The van der Waals surface area contributed by atoms with Crippen molar-refractivity contribution in [1.29, 1.82) is 0 Å². The minimum absolute atomic E-state index is 0.282. The second-order valence-electron chi connectivity index (χ2n) is 8.77. The second kappa shape index (κ2) is 12.1. The number of hydroxylamine groups is 1. The number of carbonyl (C=O) groups is 1. The number of aromatic nitrogens is 1. The molecular formula is C25H31N5O5S2. The molecule has 3 aromatic rings. The van der Waals surface area contributed by atoms with Crippen molar-refractivity contribution < 1.29 is 23.2 Å². The van der Waals surface area contributed by atoms with Crippen LogP contribution in [0.3, 0.4) is 0 Å². The van der Waals surface area contributed by atoms with Crippen LogP contribution in [0.25, 0.3) is 11.1 Å². The predicted octanol–water partition coefficient (Wildman–Crippen LogP) is 2.52. The fraction of sp³-hybridized carbons (Fsp3) is 0.360. The van der Waals surface area contributed by atoms with Crippen LogP contribution >= 0.6 is 11.3 Å². The summed E-state index contributed by atoms with van der Waals surface area (Å²) in [7, 11) is -0.0354. The summed E-state index contributed by atoms with van der Waals surface area (Å²) in [5, 5.41) is 9.43. The molecule has 0 saturated carbocycles. The number of hydrogen-bond acceptors (Lipinski definition) is 9. The van der Waals surface area contributed by atoms with Gasteiger partial charge in [0.05, 0.1) is 17.7 Å². The Labute approximate surface area is 221 Å². The quantitative estimate of drug-likeness (QED) is 0.295. The van der Waals surface area contributed by atoms with E-state index in [1.54, 1.807) is 24.7 Å². The largest absolute Gasteiger partial charge is 0.383 e. The van der Waals surface area contributed by atoms with Gasteiger partial charge in [-0.15, -0.1) is 0 Å². The van der Waals surface area contributed by atoms with Gasteiger partial charge in [0.25, 0.3) is 5.91 Å². The number of nitrogens with one attached hydrogen (secondary N) is 1. The third-order valence-corrected chi connectivity index (χ3v) is 9.21. The first kappa shape index (κ1) is 27.2. The Balaban J connectivity index is 1.50. The number of thiazole rings is 1. The molecule has 2 N–H and O–H groups in total. The minimum atomic E-state index is -3.74. The van der Waals surface area contributed by atoms with E-state index in [1.807, 2.05) is 48.3 Å². The number of benzene rings is 2. The van der Waals surface area contributed by atoms with Gasteiger partial charge < -0.3 is 9.64 Å². The molecule has 10 nitrogen and oxygen atoms in total. The molecule has 1 aromatic heterocycles. The summed E-state index contributed by atoms with van der Waals surface area (Å²) in [6.45, 7) is 3.65. The molecule has 0 spiro atoms. The normalized spacial score (nSPS) is 14.8. The van der Waals surface area contributed by atoms with Crippen LogP contribution < -0.4 is 10.4 Å². The van der Waals surface area contributed by atoms with Gasteiger partial charge in [-0.05, 0) is 30.3 Å². The Morgan fingerprint density at radius 1 is 1.16 bits per heavy atom. The van der Waals surface area contributed by atoms with Gasteiger partial charge in [-0.3, -0.25) is 14.9 Å². The summed E-state index contributed by atoms with van der Waals surface area (Å²) in [4.78, 5) is 20.5. The molecule has 1 aliphatic heterocycles. The highest BCUT2D eigenvalue weighted by Crippen LogP contribution is 2.31. The third kappa shape index (κ3) is 6.35. The van der Waals surface area contributed by atoms with E-state index < -0.39 is 15.9 Å². The molecule has 0 aliphatic carbocycles. The number of ether oxygens (including phenoxy) is 1. The zero-order chi connectivity index (χ0) is 26.4. The van der Waals surface area contributed by atoms with E-state index in [2.05, 4.69) is 9.88 Å². The summed E-state index contributed by atoms with van der Waals surface area (Å²) in [6.07, 6.45) is 1.40. The molecular weight excluding hydrogens is 514 g/mol. The van der Waals surface area contributed by atoms with Gasteiger partial charge in [0.15, 0.2) is 5.13 Å². The Kier molecular flexibility index (Phi) is 8.90. The minimum Gasteiger partial charge on any atom is -0.383 e. The average molecular weight is 546 g/mol. The molecule has 37 heavy (non-hydrogen) atoms. The fourth-order valence-corrected chi connectivity index (χ4v) is 6.73. The lowest BCUT2D eigenvalue weighted by molar-refractivity contribution is 0.0710. The molecule has 1 saturated heterocycles. The van der Waals surface area contributed by atoms with Gasteiger partial charge in [-0.1, -0.05) is 47.7 Å². The Morgan fingerprint density at radius 3 is 2.65 bits per heavy atom. The van der Waals surface area contributed by atoms with Gasteiger partial charge in [0.1, 0.15) is 4.88 Å². The molecule has 198 valence electrons. The molecule has 0 radical (unpaired) electrons. The maximum absolute atomic E-state index is 13.7. The van der Waals surface area contributed by atoms with E-state index in [0.29, 0.717) is 43.5 Å². The highest BCUT2D eigenvalue weighted by molar-refractivity contribution is 7.89. The van der Waals surface area contributed by atoms with Crippen molar-refractivity contribution in [2.75, 3.05) is 58.4 Å². The Bertz CT molecular complexity index is 1320. The molecule has 1 fully saturated rings. The van der Waals surface area contributed by atoms with Crippen LogP contribution in [-0.2, 0) is 21.3 Å². The van der Waals surface area contributed by atoms with Crippen LogP contribution in [0.4, 0.5) is 5.13 Å². The van der Waals surface area contributed by atoms with E-state index in [-0.39, 0.29) is 9.77 Å². The van der Waals surface area contributed by atoms with E-state index in [1.165, 1.54) is 10.5 Å². The number of anilines is 1. The molecule has 1 aliphatic rings. The van der Waals surface area contributed by atoms with Crippen LogP contribution in [0.2, 0.25) is 0 Å². The number of rotatable bonds is 10. The van der Waals surface area contributed by atoms with Crippen molar-refractivity contribution in [3.8, 4) is 11.1 Å². The maximum atomic E-state index is 13.7. The smallest absolute Gasteiger partial charge is 0.286 e. The highest BCUT2D eigenvalue weighted by atomic mass is 32.2. The van der Waals surface area contributed by atoms with Crippen LogP contribution in [0.15, 0.2) is 59.6 Å². The standard InChI is InChI=1S/C25H31N5O5S2/c1-28(14-15-35-2)18-19-6-5-7-20(16-19)21-8-3-4-9-23(21)37(33,34)30-12-10-29(11-13-30)25-26-17-22(36-25)24(31)27-32/h3-9,16-17,32H,10-15,18H2,1-2H3,(H,27,31). The third-order valence-electron chi connectivity index (χ3n) is 6.20. The molecule has 4 rings (SSSR count). The van der Waals surface area contributed by atoms with Gasteiger partial charge >= 0.3 is 0 Å². The lowest BCUT2D eigenvalue weighted by Crippen LogP contribution is -2.48. The summed E-state index contributed by atoms with van der Waals surface area (Å²) < 4.78 is 34.1. The molecule has 2 heterocycles. The molecule has 0 bridgehead atoms. The van der Waals surface area contributed by atoms with Gasteiger partial charge in [-0.2, -0.15) is 4.31 Å². The van der Waals surface area contributed by atoms with E-state index in [0.717, 1.165) is 35.6 Å². The zero-order valence-electron chi connectivity index (χ0n) is 20.8. The van der Waals surface area contributed by atoms with Crippen molar-refractivity contribution >= 4 is 32.4 Å². The number of piperazine rings is 1. The zero-order valence-corrected chi connectivity index (χ0v) is 22.5. The van der Waals surface area contributed by atoms with Crippen molar-refractivity contribution in [1.82, 2.24) is 19.7 Å². The number of sulfonamides is 1. The summed E-state index contributed by atoms with van der Waals surface area (Å²) >= 11 is 1.15. The number of carbonyl (C=O) groups excluding carboxylic acids is 1. The van der Waals surface area contributed by atoms with Gasteiger partial charge in [-0.25, -0.2) is 18.9 Å². The lowest BCUT2D eigenvalue weighted by atomic mass is 10.0. The molecule has 0 unspecified atom stereocenters. The van der Waals surface area contributed by atoms with Crippen molar-refractivity contribution in [3.05, 3.63) is 65.2 Å². The van der Waals surface area contributed by atoms with E-state index in [4.69, 9.17) is 9.94 Å². The number of hydrogen-bond donors (Lipinski definition) is 2. The van der Waals surface area contributed by atoms with E-state index in [9.17, 15) is 13.2 Å². The number of methoxy groups -OCH3 is 1. The van der Waals surface area contributed by atoms with Crippen LogP contribution in [0, 0.1) is 0 Å². The Morgan fingerprint density at radius 2 is 1.92 bits per heavy atom. The second-order valence-corrected chi connectivity index (χ2v) is 11.7. The number of likely N-dealkylation sites (N-methyl/N-ethyl adjacent to an activating group) is 1. The summed E-state index contributed by atoms with van der Waals surface area (Å²) in [5.74, 6) is -0.618. The first-order chi connectivity index (χ1) is 17.8. The summed E-state index contributed by atoms with van der Waals surface area (Å²) in [5.41, 5.74) is 4.22. The maximum Gasteiger partial charge on any atom is 0.286 e. The first-order valence-electron chi connectivity index (χ1n) is 11.8. The van der Waals surface area contributed by atoms with E-state index >= 15 is 0 Å². The number of nitrogens with zero attached hydrogens (tertiary/aromatic N) is 4. The summed E-state index contributed by atoms with van der Waals surface area (Å²) in [6, 6.07) is 15.1.